The summed E-state index contributed by atoms with van der Waals surface area (Å²) >= 11 is 0. The molecule has 0 saturated carbocycles. The minimum atomic E-state index is -0.307. The molecular formula is C22H26FN5O2. The Labute approximate surface area is 174 Å². The average Bonchev–Trinajstić information content (AvgIpc) is 3.12. The van der Waals surface area contributed by atoms with E-state index in [1.165, 1.54) is 12.1 Å². The van der Waals surface area contributed by atoms with Crippen LogP contribution in [0.4, 0.5) is 10.1 Å². The van der Waals surface area contributed by atoms with E-state index in [9.17, 15) is 9.18 Å². The second kappa shape index (κ2) is 9.13. The molecule has 158 valence electrons. The van der Waals surface area contributed by atoms with Gasteiger partial charge in [-0.2, -0.15) is 5.10 Å². The van der Waals surface area contributed by atoms with Gasteiger partial charge in [-0.1, -0.05) is 24.3 Å². The number of aromatic nitrogens is 3. The normalized spacial score (nSPS) is 14.8. The lowest BCUT2D eigenvalue weighted by atomic mass is 10.2. The van der Waals surface area contributed by atoms with Crippen LogP contribution < -0.4 is 15.3 Å². The maximum atomic E-state index is 13.5. The molecule has 0 unspecified atom stereocenters. The van der Waals surface area contributed by atoms with E-state index in [2.05, 4.69) is 26.1 Å². The highest BCUT2D eigenvalue weighted by atomic mass is 19.1. The zero-order chi connectivity index (χ0) is 20.9. The summed E-state index contributed by atoms with van der Waals surface area (Å²) in [6.07, 6.45) is 0.655. The van der Waals surface area contributed by atoms with Crippen LogP contribution >= 0.6 is 0 Å². The molecular weight excluding hydrogens is 385 g/mol. The number of hydrogen-bond acceptors (Lipinski definition) is 5. The quantitative estimate of drug-likeness (QED) is 0.645. The van der Waals surface area contributed by atoms with Crippen LogP contribution in [0.15, 0.2) is 53.3 Å². The summed E-state index contributed by atoms with van der Waals surface area (Å²) in [7, 11) is 1.70. The topological polar surface area (TPSA) is 66.4 Å². The monoisotopic (exact) mass is 411 g/mol. The first-order chi connectivity index (χ1) is 14.6. The van der Waals surface area contributed by atoms with Gasteiger partial charge in [0.2, 0.25) is 0 Å². The predicted molar refractivity (Wildman–Crippen MR) is 114 cm³/mol. The van der Waals surface area contributed by atoms with Gasteiger partial charge in [-0.15, -0.1) is 0 Å². The third-order valence-electron chi connectivity index (χ3n) is 5.52. The second-order valence-corrected chi connectivity index (χ2v) is 7.41. The van der Waals surface area contributed by atoms with Crippen molar-refractivity contribution in [1.82, 2.24) is 19.7 Å². The Morgan fingerprint density at radius 3 is 2.67 bits per heavy atom. The highest BCUT2D eigenvalue weighted by molar-refractivity contribution is 5.58. The van der Waals surface area contributed by atoms with Crippen molar-refractivity contribution in [2.75, 3.05) is 44.7 Å². The summed E-state index contributed by atoms with van der Waals surface area (Å²) in [5.74, 6) is 1.28. The Morgan fingerprint density at radius 1 is 1.10 bits per heavy atom. The molecule has 7 nitrogen and oxygen atoms in total. The number of methoxy groups -OCH3 is 1. The van der Waals surface area contributed by atoms with E-state index in [1.54, 1.807) is 17.7 Å². The Hall–Kier alpha value is -3.13. The molecule has 2 aromatic carbocycles. The number of H-pyrrole nitrogens is 1. The van der Waals surface area contributed by atoms with Crippen molar-refractivity contribution >= 4 is 5.69 Å². The standard InChI is InChI=1S/C22H26FN5O2/c1-30-20-8-3-2-7-19(20)27-13-11-26(12-14-27)10-9-21-24-25-22(29)28(21)16-17-5-4-6-18(23)15-17/h2-8,15H,9-14,16H2,1H3,(H,25,29). The molecule has 0 spiro atoms. The first-order valence-electron chi connectivity index (χ1n) is 10.1. The van der Waals surface area contributed by atoms with E-state index in [-0.39, 0.29) is 11.5 Å². The van der Waals surface area contributed by atoms with Crippen LogP contribution in [0, 0.1) is 5.82 Å². The number of ether oxygens (including phenoxy) is 1. The van der Waals surface area contributed by atoms with E-state index < -0.39 is 0 Å². The van der Waals surface area contributed by atoms with Crippen molar-refractivity contribution in [1.29, 1.82) is 0 Å². The summed E-state index contributed by atoms with van der Waals surface area (Å²) in [5, 5.41) is 6.71. The third-order valence-corrected chi connectivity index (χ3v) is 5.52. The molecule has 30 heavy (non-hydrogen) atoms. The van der Waals surface area contributed by atoms with E-state index in [0.717, 1.165) is 49.7 Å². The SMILES string of the molecule is COc1ccccc1N1CCN(CCc2n[nH]c(=O)n2Cc2cccc(F)c2)CC1. The van der Waals surface area contributed by atoms with Gasteiger partial charge in [0.25, 0.3) is 0 Å². The first-order valence-corrected chi connectivity index (χ1v) is 10.1. The second-order valence-electron chi connectivity index (χ2n) is 7.41. The van der Waals surface area contributed by atoms with Crippen LogP contribution in [-0.2, 0) is 13.0 Å². The van der Waals surface area contributed by atoms with Crippen molar-refractivity contribution in [3.05, 3.63) is 76.2 Å². The minimum absolute atomic E-state index is 0.268. The molecule has 1 aliphatic rings. The van der Waals surface area contributed by atoms with Crippen molar-refractivity contribution in [3.8, 4) is 5.75 Å². The van der Waals surface area contributed by atoms with Crippen LogP contribution in [0.5, 0.6) is 5.75 Å². The molecule has 4 rings (SSSR count). The number of rotatable bonds is 7. The largest absolute Gasteiger partial charge is 0.495 e. The van der Waals surface area contributed by atoms with Crippen LogP contribution in [0.1, 0.15) is 11.4 Å². The summed E-state index contributed by atoms with van der Waals surface area (Å²) in [4.78, 5) is 16.9. The van der Waals surface area contributed by atoms with Crippen molar-refractivity contribution in [2.24, 2.45) is 0 Å². The number of hydrogen-bond donors (Lipinski definition) is 1. The molecule has 0 aliphatic carbocycles. The molecule has 2 heterocycles. The Balaban J connectivity index is 1.35. The number of piperazine rings is 1. The fourth-order valence-corrected chi connectivity index (χ4v) is 3.88. The van der Waals surface area contributed by atoms with Crippen LogP contribution in [0.3, 0.4) is 0 Å². The highest BCUT2D eigenvalue weighted by Crippen LogP contribution is 2.28. The van der Waals surface area contributed by atoms with Gasteiger partial charge < -0.3 is 9.64 Å². The minimum Gasteiger partial charge on any atom is -0.495 e. The molecule has 0 radical (unpaired) electrons. The summed E-state index contributed by atoms with van der Waals surface area (Å²) in [6.45, 7) is 4.80. The van der Waals surface area contributed by atoms with E-state index >= 15 is 0 Å². The fraction of sp³-hybridized carbons (Fsp3) is 0.364. The number of halogens is 1. The predicted octanol–water partition coefficient (Wildman–Crippen LogP) is 2.13. The van der Waals surface area contributed by atoms with Crippen molar-refractivity contribution in [2.45, 2.75) is 13.0 Å². The number of nitrogens with one attached hydrogen (secondary N) is 1. The third kappa shape index (κ3) is 4.54. The Kier molecular flexibility index (Phi) is 6.13. The molecule has 1 N–H and O–H groups in total. The van der Waals surface area contributed by atoms with Crippen LogP contribution in [0.25, 0.3) is 0 Å². The number of benzene rings is 2. The molecule has 1 fully saturated rings. The molecule has 1 saturated heterocycles. The van der Waals surface area contributed by atoms with Gasteiger partial charge in [-0.3, -0.25) is 9.47 Å². The maximum absolute atomic E-state index is 13.5. The smallest absolute Gasteiger partial charge is 0.343 e. The lowest BCUT2D eigenvalue weighted by molar-refractivity contribution is 0.257. The zero-order valence-electron chi connectivity index (χ0n) is 17.1. The van der Waals surface area contributed by atoms with Crippen LogP contribution in [0.2, 0.25) is 0 Å². The number of para-hydroxylation sites is 2. The van der Waals surface area contributed by atoms with E-state index in [4.69, 9.17) is 4.74 Å². The van der Waals surface area contributed by atoms with Gasteiger partial charge in [0, 0.05) is 39.1 Å². The number of anilines is 1. The number of nitrogens with zero attached hydrogens (tertiary/aromatic N) is 4. The van der Waals surface area contributed by atoms with Gasteiger partial charge in [0.1, 0.15) is 17.4 Å². The van der Waals surface area contributed by atoms with Crippen LogP contribution in [-0.4, -0.2) is 59.5 Å². The molecule has 1 aromatic heterocycles. The van der Waals surface area contributed by atoms with E-state index in [0.29, 0.717) is 18.8 Å². The lowest BCUT2D eigenvalue weighted by Gasteiger charge is -2.36. The number of aromatic amines is 1. The van der Waals surface area contributed by atoms with Gasteiger partial charge in [0.15, 0.2) is 0 Å². The zero-order valence-corrected chi connectivity index (χ0v) is 17.1. The lowest BCUT2D eigenvalue weighted by Crippen LogP contribution is -2.47. The van der Waals surface area contributed by atoms with Gasteiger partial charge in [-0.25, -0.2) is 14.3 Å². The van der Waals surface area contributed by atoms with Gasteiger partial charge in [-0.05, 0) is 29.8 Å². The summed E-state index contributed by atoms with van der Waals surface area (Å²) in [5.41, 5.74) is 1.59. The summed E-state index contributed by atoms with van der Waals surface area (Å²) < 4.78 is 20.5. The molecule has 8 heteroatoms. The molecule has 0 amide bonds. The first kappa shape index (κ1) is 20.2. The molecule has 0 bridgehead atoms. The highest BCUT2D eigenvalue weighted by Gasteiger charge is 2.20. The van der Waals surface area contributed by atoms with Crippen molar-refractivity contribution in [3.63, 3.8) is 0 Å². The Morgan fingerprint density at radius 2 is 1.90 bits per heavy atom. The fourth-order valence-electron chi connectivity index (χ4n) is 3.88. The molecule has 1 aliphatic heterocycles. The van der Waals surface area contributed by atoms with E-state index in [1.807, 2.05) is 24.3 Å². The average molecular weight is 411 g/mol. The van der Waals surface area contributed by atoms with Gasteiger partial charge >= 0.3 is 5.69 Å². The maximum Gasteiger partial charge on any atom is 0.343 e. The van der Waals surface area contributed by atoms with Gasteiger partial charge in [0.05, 0.1) is 19.3 Å². The Bertz CT molecular complexity index is 1040. The summed E-state index contributed by atoms with van der Waals surface area (Å²) in [6, 6.07) is 14.4. The molecule has 3 aromatic rings. The van der Waals surface area contributed by atoms with Crippen molar-refractivity contribution < 1.29 is 9.13 Å². The molecule has 0 atom stereocenters.